The Labute approximate surface area is 151 Å². The predicted molar refractivity (Wildman–Crippen MR) is 92.0 cm³/mol. The maximum Gasteiger partial charge on any atom is 0.323 e. The van der Waals surface area contributed by atoms with Gasteiger partial charge in [-0.15, -0.1) is 0 Å². The zero-order valence-corrected chi connectivity index (χ0v) is 15.0. The maximum absolute atomic E-state index is 12.9. The average Bonchev–Trinajstić information content (AvgIpc) is 3.07. The van der Waals surface area contributed by atoms with Gasteiger partial charge < -0.3 is 19.6 Å². The minimum atomic E-state index is -1.08. The van der Waals surface area contributed by atoms with E-state index in [0.717, 1.165) is 0 Å². The summed E-state index contributed by atoms with van der Waals surface area (Å²) in [4.78, 5) is 39.3. The molecule has 0 radical (unpaired) electrons. The molecular formula is C17H21ClN2O5. The van der Waals surface area contributed by atoms with Crippen LogP contribution >= 0.6 is 11.6 Å². The summed E-state index contributed by atoms with van der Waals surface area (Å²) in [5.41, 5.74) is 0.288. The first-order valence-electron chi connectivity index (χ1n) is 8.04. The number of halogens is 1. The Morgan fingerprint density at radius 3 is 2.72 bits per heavy atom. The molecular weight excluding hydrogens is 348 g/mol. The van der Waals surface area contributed by atoms with Gasteiger partial charge in [0.1, 0.15) is 18.3 Å². The molecule has 1 fully saturated rings. The molecule has 0 bridgehead atoms. The Morgan fingerprint density at radius 2 is 2.12 bits per heavy atom. The van der Waals surface area contributed by atoms with Crippen LogP contribution in [0.15, 0.2) is 18.2 Å². The van der Waals surface area contributed by atoms with Crippen molar-refractivity contribution in [1.82, 2.24) is 9.80 Å². The van der Waals surface area contributed by atoms with Crippen molar-refractivity contribution in [3.05, 3.63) is 28.8 Å². The van der Waals surface area contributed by atoms with E-state index in [9.17, 15) is 14.4 Å². The maximum atomic E-state index is 12.9. The molecule has 136 valence electrons. The number of ether oxygens (including phenoxy) is 1. The van der Waals surface area contributed by atoms with E-state index in [-0.39, 0.29) is 30.5 Å². The lowest BCUT2D eigenvalue weighted by molar-refractivity contribution is -0.146. The second-order valence-electron chi connectivity index (χ2n) is 5.75. The highest BCUT2D eigenvalue weighted by molar-refractivity contribution is 6.31. The highest BCUT2D eigenvalue weighted by atomic mass is 35.5. The van der Waals surface area contributed by atoms with Gasteiger partial charge in [0.25, 0.3) is 5.91 Å². The van der Waals surface area contributed by atoms with Crippen LogP contribution in [0.4, 0.5) is 0 Å². The Bertz CT molecular complexity index is 679. The molecule has 1 N–H and O–H groups in total. The lowest BCUT2D eigenvalue weighted by Crippen LogP contribution is -2.49. The number of rotatable bonds is 6. The van der Waals surface area contributed by atoms with Gasteiger partial charge in [-0.2, -0.15) is 0 Å². The SMILES string of the molecule is CCN(CC(=O)O)C(=O)C1CCCN1C(=O)c1cc(Cl)ccc1OC. The monoisotopic (exact) mass is 368 g/mol. The average molecular weight is 369 g/mol. The van der Waals surface area contributed by atoms with Gasteiger partial charge in [0.05, 0.1) is 12.7 Å². The molecule has 0 aromatic heterocycles. The van der Waals surface area contributed by atoms with Gasteiger partial charge in [-0.1, -0.05) is 11.6 Å². The van der Waals surface area contributed by atoms with Gasteiger partial charge in [-0.05, 0) is 38.0 Å². The molecule has 7 nitrogen and oxygen atoms in total. The summed E-state index contributed by atoms with van der Waals surface area (Å²) in [5, 5.41) is 9.35. The fourth-order valence-corrected chi connectivity index (χ4v) is 3.16. The Morgan fingerprint density at radius 1 is 1.40 bits per heavy atom. The number of carboxylic acid groups (broad SMARTS) is 1. The number of aliphatic carboxylic acids is 1. The lowest BCUT2D eigenvalue weighted by atomic mass is 10.1. The van der Waals surface area contributed by atoms with Crippen molar-refractivity contribution in [2.45, 2.75) is 25.8 Å². The van der Waals surface area contributed by atoms with Crippen molar-refractivity contribution >= 4 is 29.4 Å². The van der Waals surface area contributed by atoms with Gasteiger partial charge in [0.2, 0.25) is 5.91 Å². The standard InChI is InChI=1S/C17H21ClN2O5/c1-3-19(10-15(21)22)17(24)13-5-4-8-20(13)16(23)12-9-11(18)6-7-14(12)25-2/h6-7,9,13H,3-5,8,10H2,1-2H3,(H,21,22). The summed E-state index contributed by atoms with van der Waals surface area (Å²) in [6.07, 6.45) is 1.18. The number of carboxylic acids is 1. The van der Waals surface area contributed by atoms with E-state index >= 15 is 0 Å². The summed E-state index contributed by atoms with van der Waals surface area (Å²) in [5.74, 6) is -1.40. The molecule has 1 aliphatic rings. The van der Waals surface area contributed by atoms with Crippen LogP contribution in [0.25, 0.3) is 0 Å². The first kappa shape index (κ1) is 19.1. The van der Waals surface area contributed by atoms with Crippen molar-refractivity contribution in [3.8, 4) is 5.75 Å². The minimum absolute atomic E-state index is 0.268. The van der Waals surface area contributed by atoms with Crippen LogP contribution in [0, 0.1) is 0 Å². The molecule has 0 saturated carbocycles. The number of carbonyl (C=O) groups excluding carboxylic acids is 2. The van der Waals surface area contributed by atoms with E-state index < -0.39 is 12.0 Å². The molecule has 1 unspecified atom stereocenters. The van der Waals surface area contributed by atoms with E-state index in [1.165, 1.54) is 23.0 Å². The van der Waals surface area contributed by atoms with Gasteiger partial charge in [-0.25, -0.2) is 0 Å². The van der Waals surface area contributed by atoms with Crippen molar-refractivity contribution in [3.63, 3.8) is 0 Å². The molecule has 1 aliphatic heterocycles. The summed E-state index contributed by atoms with van der Waals surface area (Å²) in [7, 11) is 1.46. The first-order valence-corrected chi connectivity index (χ1v) is 8.42. The Hall–Kier alpha value is -2.28. The molecule has 0 spiro atoms. The third kappa shape index (κ3) is 4.22. The Kier molecular flexibility index (Phi) is 6.25. The van der Waals surface area contributed by atoms with Gasteiger partial charge in [0, 0.05) is 18.1 Å². The van der Waals surface area contributed by atoms with E-state index in [0.29, 0.717) is 30.2 Å². The van der Waals surface area contributed by atoms with Crippen LogP contribution in [-0.2, 0) is 9.59 Å². The molecule has 1 heterocycles. The molecule has 1 aromatic carbocycles. The zero-order valence-electron chi connectivity index (χ0n) is 14.2. The summed E-state index contributed by atoms with van der Waals surface area (Å²) in [6.45, 7) is 2.02. The Balaban J connectivity index is 2.26. The van der Waals surface area contributed by atoms with Crippen molar-refractivity contribution in [2.75, 3.05) is 26.7 Å². The number of amides is 2. The van der Waals surface area contributed by atoms with Gasteiger partial charge in [-0.3, -0.25) is 14.4 Å². The van der Waals surface area contributed by atoms with Crippen LogP contribution in [0.2, 0.25) is 5.02 Å². The fraction of sp³-hybridized carbons (Fsp3) is 0.471. The summed E-state index contributed by atoms with van der Waals surface area (Å²) >= 11 is 5.99. The summed E-state index contributed by atoms with van der Waals surface area (Å²) in [6, 6.07) is 4.06. The fourth-order valence-electron chi connectivity index (χ4n) is 2.99. The molecule has 1 aromatic rings. The quantitative estimate of drug-likeness (QED) is 0.828. The number of hydrogen-bond donors (Lipinski definition) is 1. The normalized spacial score (nSPS) is 16.6. The number of methoxy groups -OCH3 is 1. The number of likely N-dealkylation sites (tertiary alicyclic amines) is 1. The van der Waals surface area contributed by atoms with Gasteiger partial charge >= 0.3 is 5.97 Å². The number of carbonyl (C=O) groups is 3. The highest BCUT2D eigenvalue weighted by Gasteiger charge is 2.37. The molecule has 2 rings (SSSR count). The van der Waals surface area contributed by atoms with E-state index in [1.807, 2.05) is 0 Å². The minimum Gasteiger partial charge on any atom is -0.496 e. The van der Waals surface area contributed by atoms with Crippen LogP contribution in [0.5, 0.6) is 5.75 Å². The molecule has 1 atom stereocenters. The van der Waals surface area contributed by atoms with Gasteiger partial charge in [0.15, 0.2) is 0 Å². The molecule has 0 aliphatic carbocycles. The lowest BCUT2D eigenvalue weighted by Gasteiger charge is -2.29. The van der Waals surface area contributed by atoms with Crippen molar-refractivity contribution < 1.29 is 24.2 Å². The van der Waals surface area contributed by atoms with Crippen molar-refractivity contribution in [2.24, 2.45) is 0 Å². The molecule has 2 amide bonds. The predicted octanol–water partition coefficient (Wildman–Crippen LogP) is 1.89. The third-order valence-electron chi connectivity index (χ3n) is 4.21. The third-order valence-corrected chi connectivity index (χ3v) is 4.45. The second kappa shape index (κ2) is 8.20. The smallest absolute Gasteiger partial charge is 0.323 e. The van der Waals surface area contributed by atoms with Crippen LogP contribution in [0.3, 0.4) is 0 Å². The molecule has 25 heavy (non-hydrogen) atoms. The number of likely N-dealkylation sites (N-methyl/N-ethyl adjacent to an activating group) is 1. The van der Waals surface area contributed by atoms with Crippen molar-refractivity contribution in [1.29, 1.82) is 0 Å². The molecule has 1 saturated heterocycles. The zero-order chi connectivity index (χ0) is 18.6. The number of nitrogens with zero attached hydrogens (tertiary/aromatic N) is 2. The van der Waals surface area contributed by atoms with E-state index in [2.05, 4.69) is 0 Å². The molecule has 8 heteroatoms. The van der Waals surface area contributed by atoms with E-state index in [4.69, 9.17) is 21.4 Å². The topological polar surface area (TPSA) is 87.2 Å². The summed E-state index contributed by atoms with van der Waals surface area (Å²) < 4.78 is 5.22. The number of benzene rings is 1. The van der Waals surface area contributed by atoms with Crippen LogP contribution in [-0.4, -0.2) is 65.5 Å². The first-order chi connectivity index (χ1) is 11.9. The van der Waals surface area contributed by atoms with Crippen LogP contribution in [0.1, 0.15) is 30.1 Å². The van der Waals surface area contributed by atoms with E-state index in [1.54, 1.807) is 19.1 Å². The number of hydrogen-bond acceptors (Lipinski definition) is 4. The largest absolute Gasteiger partial charge is 0.496 e. The van der Waals surface area contributed by atoms with Crippen LogP contribution < -0.4 is 4.74 Å². The highest BCUT2D eigenvalue weighted by Crippen LogP contribution is 2.28. The second-order valence-corrected chi connectivity index (χ2v) is 6.18.